The zero-order valence-corrected chi connectivity index (χ0v) is 22.3. The van der Waals surface area contributed by atoms with E-state index in [-0.39, 0.29) is 24.6 Å². The number of carbonyl (C=O) groups excluding carboxylic acids is 1. The van der Waals surface area contributed by atoms with Gasteiger partial charge in [-0.1, -0.05) is 19.9 Å². The molecule has 0 spiro atoms. The molecule has 2 atom stereocenters. The molecule has 5 heterocycles. The Bertz CT molecular complexity index is 1360. The van der Waals surface area contributed by atoms with Crippen molar-refractivity contribution in [2.24, 2.45) is 0 Å². The predicted molar refractivity (Wildman–Crippen MR) is 147 cm³/mol. The molecular weight excluding hydrogens is 486 g/mol. The number of nitrogens with zero attached hydrogens (tertiary/aromatic N) is 6. The van der Waals surface area contributed by atoms with Gasteiger partial charge in [0.2, 0.25) is 0 Å². The van der Waals surface area contributed by atoms with Crippen molar-refractivity contribution in [3.05, 3.63) is 53.7 Å². The number of fused-ring (bicyclic) bond motifs is 1. The van der Waals surface area contributed by atoms with Crippen LogP contribution in [0.5, 0.6) is 0 Å². The van der Waals surface area contributed by atoms with Gasteiger partial charge in [0.1, 0.15) is 5.82 Å². The summed E-state index contributed by atoms with van der Waals surface area (Å²) in [4.78, 5) is 28.5. The molecule has 0 aliphatic carbocycles. The van der Waals surface area contributed by atoms with Crippen LogP contribution in [-0.4, -0.2) is 80.4 Å². The number of hydrogen-bond donors (Lipinski definition) is 2. The van der Waals surface area contributed by atoms with Crippen LogP contribution in [0.2, 0.25) is 0 Å². The first kappa shape index (κ1) is 25.3. The van der Waals surface area contributed by atoms with E-state index in [1.807, 2.05) is 41.9 Å². The molecule has 0 aromatic carbocycles. The third kappa shape index (κ3) is 5.09. The Kier molecular flexibility index (Phi) is 7.50. The van der Waals surface area contributed by atoms with Crippen molar-refractivity contribution in [2.45, 2.75) is 39.3 Å². The van der Waals surface area contributed by atoms with Crippen molar-refractivity contribution in [3.63, 3.8) is 0 Å². The van der Waals surface area contributed by atoms with Gasteiger partial charge in [0.15, 0.2) is 5.65 Å². The molecule has 0 bridgehead atoms. The number of carbonyl (C=O) groups is 1. The fourth-order valence-corrected chi connectivity index (χ4v) is 5.49. The molecule has 5 rings (SSSR count). The lowest BCUT2D eigenvalue weighted by molar-refractivity contribution is 0.0938. The van der Waals surface area contributed by atoms with Crippen molar-refractivity contribution in [3.8, 4) is 21.8 Å². The molecular formula is C27H33N7O2S. The number of amides is 1. The standard InChI is InChI=1S/C27H33N7O2S/c1-4-32(5-2)18(3)15-28-27(36)19-13-23(30-25(14-19)33-10-8-20(33)17-35)21-16-29-34-11-9-22(31-26(21)34)24-7-6-12-37-24/h6-7,9,11-14,16,18,20,35H,4-5,8,10,15,17H2,1-3H3,(H,28,36)/t18-,20+/m0/s1. The van der Waals surface area contributed by atoms with Gasteiger partial charge in [-0.05, 0) is 56.1 Å². The first-order valence-corrected chi connectivity index (χ1v) is 13.7. The maximum Gasteiger partial charge on any atom is 0.251 e. The topological polar surface area (TPSA) is 98.9 Å². The summed E-state index contributed by atoms with van der Waals surface area (Å²) in [6, 6.07) is 9.86. The van der Waals surface area contributed by atoms with Crippen LogP contribution in [0.25, 0.3) is 27.5 Å². The minimum absolute atomic E-state index is 0.00816. The van der Waals surface area contributed by atoms with Crippen molar-refractivity contribution in [1.82, 2.24) is 29.8 Å². The summed E-state index contributed by atoms with van der Waals surface area (Å²) in [5.41, 5.74) is 3.47. The Labute approximate surface area is 220 Å². The van der Waals surface area contributed by atoms with E-state index in [1.165, 1.54) is 0 Å². The summed E-state index contributed by atoms with van der Waals surface area (Å²) in [5, 5.41) is 19.4. The average molecular weight is 520 g/mol. The Morgan fingerprint density at radius 2 is 2.08 bits per heavy atom. The number of aromatic nitrogens is 4. The van der Waals surface area contributed by atoms with Crippen molar-refractivity contribution in [1.29, 1.82) is 0 Å². The highest BCUT2D eigenvalue weighted by atomic mass is 32.1. The van der Waals surface area contributed by atoms with Crippen LogP contribution < -0.4 is 10.2 Å². The number of nitrogens with one attached hydrogen (secondary N) is 1. The molecule has 0 saturated carbocycles. The fourth-order valence-electron chi connectivity index (χ4n) is 4.79. The van der Waals surface area contributed by atoms with Gasteiger partial charge in [-0.15, -0.1) is 11.3 Å². The van der Waals surface area contributed by atoms with Crippen LogP contribution in [0.15, 0.2) is 48.1 Å². The minimum Gasteiger partial charge on any atom is -0.394 e. The van der Waals surface area contributed by atoms with E-state index in [4.69, 9.17) is 9.97 Å². The largest absolute Gasteiger partial charge is 0.394 e. The van der Waals surface area contributed by atoms with E-state index >= 15 is 0 Å². The molecule has 1 saturated heterocycles. The predicted octanol–water partition coefficient (Wildman–Crippen LogP) is 3.55. The van der Waals surface area contributed by atoms with Crippen LogP contribution >= 0.6 is 11.3 Å². The number of aliphatic hydroxyl groups excluding tert-OH is 1. The number of pyridine rings is 1. The summed E-state index contributed by atoms with van der Waals surface area (Å²) in [6.45, 7) is 9.64. The van der Waals surface area contributed by atoms with Gasteiger partial charge in [-0.2, -0.15) is 5.10 Å². The Morgan fingerprint density at radius 3 is 2.76 bits per heavy atom. The number of hydrogen-bond acceptors (Lipinski definition) is 8. The highest BCUT2D eigenvalue weighted by Gasteiger charge is 2.30. The molecule has 194 valence electrons. The molecule has 4 aromatic heterocycles. The van der Waals surface area contributed by atoms with Crippen LogP contribution in [0, 0.1) is 0 Å². The fraction of sp³-hybridized carbons (Fsp3) is 0.407. The van der Waals surface area contributed by atoms with E-state index in [0.717, 1.165) is 42.2 Å². The van der Waals surface area contributed by atoms with Crippen LogP contribution in [0.4, 0.5) is 5.82 Å². The minimum atomic E-state index is -0.145. The normalized spacial score (nSPS) is 16.2. The molecule has 37 heavy (non-hydrogen) atoms. The average Bonchev–Trinajstić information content (AvgIpc) is 3.57. The summed E-state index contributed by atoms with van der Waals surface area (Å²) in [5.74, 6) is 0.534. The lowest BCUT2D eigenvalue weighted by atomic mass is 10.0. The maximum atomic E-state index is 13.3. The van der Waals surface area contributed by atoms with E-state index in [0.29, 0.717) is 29.3 Å². The second-order valence-corrected chi connectivity index (χ2v) is 10.3. The molecule has 1 fully saturated rings. The van der Waals surface area contributed by atoms with Crippen molar-refractivity contribution >= 4 is 28.7 Å². The maximum absolute atomic E-state index is 13.3. The Balaban J connectivity index is 1.51. The zero-order chi connectivity index (χ0) is 25.9. The number of aliphatic hydroxyl groups is 1. The molecule has 2 N–H and O–H groups in total. The van der Waals surface area contributed by atoms with Gasteiger partial charge in [0.05, 0.1) is 40.7 Å². The van der Waals surface area contributed by atoms with Crippen LogP contribution in [0.1, 0.15) is 37.6 Å². The zero-order valence-electron chi connectivity index (χ0n) is 21.5. The lowest BCUT2D eigenvalue weighted by Gasteiger charge is -2.41. The van der Waals surface area contributed by atoms with Gasteiger partial charge >= 0.3 is 0 Å². The quantitative estimate of drug-likeness (QED) is 0.331. The first-order chi connectivity index (χ1) is 18.0. The molecule has 4 aromatic rings. The molecule has 1 amide bonds. The molecule has 0 radical (unpaired) electrons. The van der Waals surface area contributed by atoms with Crippen LogP contribution in [0.3, 0.4) is 0 Å². The van der Waals surface area contributed by atoms with E-state index < -0.39 is 0 Å². The molecule has 1 aliphatic heterocycles. The van der Waals surface area contributed by atoms with Gasteiger partial charge in [-0.25, -0.2) is 14.5 Å². The summed E-state index contributed by atoms with van der Waals surface area (Å²) in [7, 11) is 0. The van der Waals surface area contributed by atoms with Gasteiger partial charge in [0.25, 0.3) is 5.91 Å². The molecule has 0 unspecified atom stereocenters. The SMILES string of the molecule is CCN(CC)[C@@H](C)CNC(=O)c1cc(-c2cnn3ccc(-c4cccs4)nc23)nc(N2CC[C@@H]2CO)c1. The van der Waals surface area contributed by atoms with Crippen LogP contribution in [-0.2, 0) is 0 Å². The smallest absolute Gasteiger partial charge is 0.251 e. The highest BCUT2D eigenvalue weighted by molar-refractivity contribution is 7.13. The number of rotatable bonds is 10. The van der Waals surface area contributed by atoms with Crippen molar-refractivity contribution in [2.75, 3.05) is 37.7 Å². The number of anilines is 1. The van der Waals surface area contributed by atoms with E-state index in [2.05, 4.69) is 41.0 Å². The second-order valence-electron chi connectivity index (χ2n) is 9.31. The summed E-state index contributed by atoms with van der Waals surface area (Å²) in [6.07, 6.45) is 4.54. The molecule has 1 aliphatic rings. The van der Waals surface area contributed by atoms with E-state index in [9.17, 15) is 9.90 Å². The highest BCUT2D eigenvalue weighted by Crippen LogP contribution is 2.31. The Hall–Kier alpha value is -3.34. The monoisotopic (exact) mass is 519 g/mol. The van der Waals surface area contributed by atoms with Gasteiger partial charge in [0, 0.05) is 30.9 Å². The molecule has 9 nitrogen and oxygen atoms in total. The summed E-state index contributed by atoms with van der Waals surface area (Å²) >= 11 is 1.63. The molecule has 10 heteroatoms. The lowest BCUT2D eigenvalue weighted by Crippen LogP contribution is -2.50. The third-order valence-electron chi connectivity index (χ3n) is 7.14. The van der Waals surface area contributed by atoms with E-state index in [1.54, 1.807) is 22.0 Å². The number of thiophene rings is 1. The first-order valence-electron chi connectivity index (χ1n) is 12.8. The van der Waals surface area contributed by atoms with Gasteiger partial charge in [-0.3, -0.25) is 9.69 Å². The van der Waals surface area contributed by atoms with Crippen molar-refractivity contribution < 1.29 is 9.90 Å². The second kappa shape index (κ2) is 11.0. The van der Waals surface area contributed by atoms with Gasteiger partial charge < -0.3 is 15.3 Å². The third-order valence-corrected chi connectivity index (χ3v) is 8.03. The number of likely N-dealkylation sites (N-methyl/N-ethyl adjacent to an activating group) is 1. The Morgan fingerprint density at radius 1 is 1.24 bits per heavy atom. The summed E-state index contributed by atoms with van der Waals surface area (Å²) < 4.78 is 1.73.